The highest BCUT2D eigenvalue weighted by atomic mass is 16.1. The van der Waals surface area contributed by atoms with E-state index in [0.29, 0.717) is 23.0 Å². The zero-order chi connectivity index (χ0) is 21.1. The van der Waals surface area contributed by atoms with Gasteiger partial charge >= 0.3 is 0 Å². The summed E-state index contributed by atoms with van der Waals surface area (Å²) < 4.78 is 1.80. The van der Waals surface area contributed by atoms with Gasteiger partial charge in [0.05, 0.1) is 25.0 Å². The summed E-state index contributed by atoms with van der Waals surface area (Å²) in [6.07, 6.45) is 3.99. The summed E-state index contributed by atoms with van der Waals surface area (Å²) in [6, 6.07) is 13.5. The Labute approximate surface area is 176 Å². The molecule has 0 fully saturated rings. The van der Waals surface area contributed by atoms with Crippen molar-refractivity contribution in [1.29, 1.82) is 0 Å². The number of fused-ring (bicyclic) bond motifs is 2. The second kappa shape index (κ2) is 8.79. The quantitative estimate of drug-likeness (QED) is 0.679. The molecule has 4 rings (SSSR count). The number of nitrogens with one attached hydrogen (secondary N) is 2. The zero-order valence-electron chi connectivity index (χ0n) is 17.7. The number of nitrogens with zero attached hydrogens (tertiary/aromatic N) is 2. The van der Waals surface area contributed by atoms with Crippen LogP contribution in [-0.2, 0) is 26.1 Å². The van der Waals surface area contributed by atoms with Crippen LogP contribution in [0.4, 0.5) is 0 Å². The second-order valence-corrected chi connectivity index (χ2v) is 8.41. The minimum atomic E-state index is -0.157. The largest absolute Gasteiger partial charge is 0.348 e. The average molecular weight is 406 g/mol. The lowest BCUT2D eigenvalue weighted by molar-refractivity contribution is -0.872. The van der Waals surface area contributed by atoms with Crippen molar-refractivity contribution in [2.75, 3.05) is 14.1 Å². The van der Waals surface area contributed by atoms with Gasteiger partial charge in [0, 0.05) is 30.6 Å². The molecule has 156 valence electrons. The first kappa shape index (κ1) is 20.3. The molecule has 0 bridgehead atoms. The van der Waals surface area contributed by atoms with Crippen LogP contribution in [-0.4, -0.2) is 29.6 Å². The van der Waals surface area contributed by atoms with E-state index in [0.717, 1.165) is 50.2 Å². The molecule has 0 spiro atoms. The fourth-order valence-electron chi connectivity index (χ4n) is 4.03. The number of hydrogen-bond donors (Lipinski definition) is 2. The van der Waals surface area contributed by atoms with Crippen molar-refractivity contribution < 1.29 is 9.69 Å². The summed E-state index contributed by atoms with van der Waals surface area (Å²) in [4.78, 5) is 31.6. The maximum atomic E-state index is 12.8. The number of benzene rings is 2. The number of carbonyl (C=O) groups excluding carboxylic acids is 1. The van der Waals surface area contributed by atoms with Gasteiger partial charge in [0.15, 0.2) is 0 Å². The van der Waals surface area contributed by atoms with Crippen LogP contribution in [0.15, 0.2) is 47.3 Å². The van der Waals surface area contributed by atoms with Crippen LogP contribution < -0.4 is 15.8 Å². The van der Waals surface area contributed by atoms with Crippen LogP contribution >= 0.6 is 0 Å². The van der Waals surface area contributed by atoms with Crippen LogP contribution in [0.3, 0.4) is 0 Å². The molecule has 6 nitrogen and oxygen atoms in total. The Morgan fingerprint density at radius 1 is 1.07 bits per heavy atom. The van der Waals surface area contributed by atoms with Crippen molar-refractivity contribution in [3.05, 3.63) is 75.3 Å². The molecule has 1 aliphatic heterocycles. The summed E-state index contributed by atoms with van der Waals surface area (Å²) >= 11 is 0. The Morgan fingerprint density at radius 3 is 2.60 bits per heavy atom. The number of rotatable bonds is 5. The number of aromatic nitrogens is 2. The van der Waals surface area contributed by atoms with Gasteiger partial charge in [-0.25, -0.2) is 4.98 Å². The van der Waals surface area contributed by atoms with Gasteiger partial charge in [-0.2, -0.15) is 0 Å². The Bertz CT molecular complexity index is 1120. The average Bonchev–Trinajstić information content (AvgIpc) is 2.98. The molecule has 2 aromatic carbocycles. The van der Waals surface area contributed by atoms with Crippen molar-refractivity contribution in [3.8, 4) is 0 Å². The third-order valence-corrected chi connectivity index (χ3v) is 5.61. The molecule has 1 aromatic heterocycles. The van der Waals surface area contributed by atoms with E-state index < -0.39 is 0 Å². The van der Waals surface area contributed by atoms with Gasteiger partial charge in [-0.15, -0.1) is 0 Å². The molecule has 30 heavy (non-hydrogen) atoms. The van der Waals surface area contributed by atoms with E-state index in [4.69, 9.17) is 4.98 Å². The molecule has 0 atom stereocenters. The van der Waals surface area contributed by atoms with E-state index in [1.165, 1.54) is 10.5 Å². The van der Waals surface area contributed by atoms with Crippen molar-refractivity contribution in [2.45, 2.75) is 45.3 Å². The Kier molecular flexibility index (Phi) is 5.95. The van der Waals surface area contributed by atoms with Gasteiger partial charge in [-0.3, -0.25) is 14.2 Å². The van der Waals surface area contributed by atoms with Crippen LogP contribution in [0.25, 0.3) is 10.9 Å². The molecule has 3 aromatic rings. The first-order valence-electron chi connectivity index (χ1n) is 10.7. The topological polar surface area (TPSA) is 68.4 Å². The molecule has 2 N–H and O–H groups in total. The van der Waals surface area contributed by atoms with E-state index in [2.05, 4.69) is 43.7 Å². The lowest BCUT2D eigenvalue weighted by Crippen LogP contribution is -3.04. The van der Waals surface area contributed by atoms with Crippen LogP contribution in [0.5, 0.6) is 0 Å². The molecule has 6 heteroatoms. The van der Waals surface area contributed by atoms with Gasteiger partial charge in [0.25, 0.3) is 11.5 Å². The third-order valence-electron chi connectivity index (χ3n) is 5.61. The normalized spacial score (nSPS) is 13.8. The molecule has 1 aliphatic rings. The maximum Gasteiger partial charge on any atom is 0.261 e. The highest BCUT2D eigenvalue weighted by molar-refractivity contribution is 5.97. The third kappa shape index (κ3) is 4.44. The van der Waals surface area contributed by atoms with Crippen molar-refractivity contribution in [3.63, 3.8) is 0 Å². The van der Waals surface area contributed by atoms with Gasteiger partial charge in [0.2, 0.25) is 0 Å². The van der Waals surface area contributed by atoms with Crippen molar-refractivity contribution in [2.24, 2.45) is 0 Å². The predicted octanol–water partition coefficient (Wildman–Crippen LogP) is 1.70. The van der Waals surface area contributed by atoms with E-state index in [-0.39, 0.29) is 11.5 Å². The predicted molar refractivity (Wildman–Crippen MR) is 118 cm³/mol. The molecular weight excluding hydrogens is 376 g/mol. The molecule has 2 heterocycles. The van der Waals surface area contributed by atoms with Crippen molar-refractivity contribution >= 4 is 16.8 Å². The van der Waals surface area contributed by atoms with Gasteiger partial charge in [0.1, 0.15) is 12.4 Å². The standard InChI is InChI=1S/C24H28N4O2/c1-27(2)16-18-9-7-17(8-10-18)15-25-23(29)19-11-12-20-21(14-19)26-22-6-4-3-5-13-28(22)24(20)30/h7-12,14H,3-6,13,15-16H2,1-2H3,(H,25,29)/p+1. The van der Waals surface area contributed by atoms with Crippen molar-refractivity contribution in [1.82, 2.24) is 14.9 Å². The van der Waals surface area contributed by atoms with Gasteiger partial charge < -0.3 is 10.2 Å². The zero-order valence-corrected chi connectivity index (χ0v) is 17.7. The lowest BCUT2D eigenvalue weighted by atomic mass is 10.1. The molecule has 1 amide bonds. The fourth-order valence-corrected chi connectivity index (χ4v) is 4.03. The number of aryl methyl sites for hydroxylation is 1. The monoisotopic (exact) mass is 405 g/mol. The molecule has 0 radical (unpaired) electrons. The smallest absolute Gasteiger partial charge is 0.261 e. The van der Waals surface area contributed by atoms with Crippen LogP contribution in [0.1, 0.15) is 46.6 Å². The maximum absolute atomic E-state index is 12.8. The van der Waals surface area contributed by atoms with Gasteiger partial charge in [-0.05, 0) is 36.6 Å². The van der Waals surface area contributed by atoms with E-state index in [1.54, 1.807) is 22.8 Å². The van der Waals surface area contributed by atoms with E-state index in [9.17, 15) is 9.59 Å². The minimum Gasteiger partial charge on any atom is -0.348 e. The summed E-state index contributed by atoms with van der Waals surface area (Å²) in [5.74, 6) is 0.678. The van der Waals surface area contributed by atoms with Gasteiger partial charge in [-0.1, -0.05) is 30.7 Å². The first-order valence-corrected chi connectivity index (χ1v) is 10.7. The van der Waals surface area contributed by atoms with E-state index in [1.807, 2.05) is 0 Å². The molecular formula is C24H29N4O2+. The summed E-state index contributed by atoms with van der Waals surface area (Å²) in [6.45, 7) is 2.17. The fraction of sp³-hybridized carbons (Fsp3) is 0.375. The number of amides is 1. The molecule has 0 aliphatic carbocycles. The second-order valence-electron chi connectivity index (χ2n) is 8.41. The highest BCUT2D eigenvalue weighted by Gasteiger charge is 2.15. The van der Waals surface area contributed by atoms with Crippen LogP contribution in [0, 0.1) is 0 Å². The Hall–Kier alpha value is -2.99. The molecule has 0 unspecified atom stereocenters. The number of quaternary nitrogens is 1. The SMILES string of the molecule is C[NH+](C)Cc1ccc(CNC(=O)c2ccc3c(=O)n4c(nc3c2)CCCCC4)cc1. The summed E-state index contributed by atoms with van der Waals surface area (Å²) in [5, 5.41) is 3.55. The van der Waals surface area contributed by atoms with Crippen LogP contribution in [0.2, 0.25) is 0 Å². The first-order chi connectivity index (χ1) is 14.5. The summed E-state index contributed by atoms with van der Waals surface area (Å²) in [7, 11) is 4.25. The van der Waals surface area contributed by atoms with E-state index >= 15 is 0 Å². The summed E-state index contributed by atoms with van der Waals surface area (Å²) in [5.41, 5.74) is 3.47. The Balaban J connectivity index is 1.50. The Morgan fingerprint density at radius 2 is 1.83 bits per heavy atom. The minimum absolute atomic E-state index is 0.00325. The molecule has 0 saturated carbocycles. The number of carbonyl (C=O) groups is 1. The lowest BCUT2D eigenvalue weighted by Gasteiger charge is -2.11. The molecule has 0 saturated heterocycles. The highest BCUT2D eigenvalue weighted by Crippen LogP contribution is 2.16. The number of hydrogen-bond acceptors (Lipinski definition) is 3.